The lowest BCUT2D eigenvalue weighted by Crippen LogP contribution is -2.19. The molecule has 3 N–H and O–H groups in total. The number of carbonyl (C=O) groups is 1. The van der Waals surface area contributed by atoms with E-state index in [1.807, 2.05) is 0 Å². The van der Waals surface area contributed by atoms with E-state index in [9.17, 15) is 4.79 Å². The number of amides is 1. The van der Waals surface area contributed by atoms with Gasteiger partial charge in [-0.2, -0.15) is 0 Å². The molecular formula is C13H17ClN2O2. The third kappa shape index (κ3) is 4.20. The van der Waals surface area contributed by atoms with Gasteiger partial charge in [0.15, 0.2) is 0 Å². The largest absolute Gasteiger partial charge is 0.399 e. The standard InChI is InChI=1S/C13H17ClN2O2/c14-11-7-10(15)3-4-12(11)16-13(17)8-18-6-5-9-1-2-9/h3-4,7,9H,1-2,5-6,8,15H2,(H,16,17). The van der Waals surface area contributed by atoms with Gasteiger partial charge in [0.05, 0.1) is 10.7 Å². The van der Waals surface area contributed by atoms with Gasteiger partial charge in [-0.25, -0.2) is 0 Å². The minimum absolute atomic E-state index is 0.0629. The molecule has 0 aliphatic heterocycles. The highest BCUT2D eigenvalue weighted by molar-refractivity contribution is 6.34. The van der Waals surface area contributed by atoms with E-state index in [4.69, 9.17) is 22.1 Å². The van der Waals surface area contributed by atoms with Gasteiger partial charge in [-0.15, -0.1) is 0 Å². The van der Waals surface area contributed by atoms with Crippen molar-refractivity contribution >= 4 is 28.9 Å². The van der Waals surface area contributed by atoms with Crippen LogP contribution in [0.15, 0.2) is 18.2 Å². The SMILES string of the molecule is Nc1ccc(NC(=O)COCCC2CC2)c(Cl)c1. The maximum atomic E-state index is 11.6. The van der Waals surface area contributed by atoms with Crippen LogP contribution in [-0.4, -0.2) is 19.1 Å². The van der Waals surface area contributed by atoms with E-state index in [-0.39, 0.29) is 12.5 Å². The van der Waals surface area contributed by atoms with Crippen molar-refractivity contribution in [2.75, 3.05) is 24.3 Å². The number of carbonyl (C=O) groups excluding carboxylic acids is 1. The van der Waals surface area contributed by atoms with Crippen LogP contribution in [-0.2, 0) is 9.53 Å². The van der Waals surface area contributed by atoms with Crippen molar-refractivity contribution in [3.8, 4) is 0 Å². The number of rotatable bonds is 6. The Balaban J connectivity index is 1.71. The summed E-state index contributed by atoms with van der Waals surface area (Å²) in [4.78, 5) is 11.6. The van der Waals surface area contributed by atoms with Crippen molar-refractivity contribution in [3.05, 3.63) is 23.2 Å². The third-order valence-electron chi connectivity index (χ3n) is 2.87. The fourth-order valence-corrected chi connectivity index (χ4v) is 1.88. The lowest BCUT2D eigenvalue weighted by molar-refractivity contribution is -0.120. The molecule has 1 aromatic rings. The normalized spacial score (nSPS) is 14.5. The Bertz CT molecular complexity index is 433. The number of benzene rings is 1. The molecule has 4 nitrogen and oxygen atoms in total. The first-order valence-corrected chi connectivity index (χ1v) is 6.45. The zero-order valence-corrected chi connectivity index (χ0v) is 10.9. The highest BCUT2D eigenvalue weighted by Gasteiger charge is 2.20. The van der Waals surface area contributed by atoms with Crippen molar-refractivity contribution in [1.82, 2.24) is 0 Å². The molecule has 0 spiro atoms. The number of halogens is 1. The van der Waals surface area contributed by atoms with Gasteiger partial charge >= 0.3 is 0 Å². The number of nitrogens with two attached hydrogens (primary N) is 1. The van der Waals surface area contributed by atoms with Crippen LogP contribution in [0.5, 0.6) is 0 Å². The average Bonchev–Trinajstić information content (AvgIpc) is 3.12. The van der Waals surface area contributed by atoms with Crippen LogP contribution in [0.3, 0.4) is 0 Å². The molecule has 1 saturated carbocycles. The summed E-state index contributed by atoms with van der Waals surface area (Å²) in [5.74, 6) is 0.622. The first kappa shape index (κ1) is 13.2. The van der Waals surface area contributed by atoms with Crippen LogP contribution >= 0.6 is 11.6 Å². The quantitative estimate of drug-likeness (QED) is 0.616. The summed E-state index contributed by atoms with van der Waals surface area (Å²) in [6.07, 6.45) is 3.66. The Morgan fingerprint density at radius 2 is 2.28 bits per heavy atom. The molecule has 0 aromatic heterocycles. The molecule has 0 heterocycles. The second-order valence-electron chi connectivity index (χ2n) is 4.57. The molecule has 2 rings (SSSR count). The van der Waals surface area contributed by atoms with Crippen LogP contribution in [0.25, 0.3) is 0 Å². The molecule has 1 fully saturated rings. The second-order valence-corrected chi connectivity index (χ2v) is 4.98. The fraction of sp³-hybridized carbons (Fsp3) is 0.462. The molecule has 0 atom stereocenters. The molecule has 0 unspecified atom stereocenters. The van der Waals surface area contributed by atoms with Gasteiger partial charge in [-0.05, 0) is 30.5 Å². The maximum Gasteiger partial charge on any atom is 0.250 e. The summed E-state index contributed by atoms with van der Waals surface area (Å²) in [6, 6.07) is 4.97. The molecule has 98 valence electrons. The van der Waals surface area contributed by atoms with Gasteiger partial charge in [-0.3, -0.25) is 4.79 Å². The van der Waals surface area contributed by atoms with Crippen molar-refractivity contribution in [2.24, 2.45) is 5.92 Å². The van der Waals surface area contributed by atoms with Crippen molar-refractivity contribution in [1.29, 1.82) is 0 Å². The highest BCUT2D eigenvalue weighted by Crippen LogP contribution is 2.32. The van der Waals surface area contributed by atoms with Crippen molar-refractivity contribution in [2.45, 2.75) is 19.3 Å². The van der Waals surface area contributed by atoms with Crippen LogP contribution in [0.1, 0.15) is 19.3 Å². The van der Waals surface area contributed by atoms with E-state index in [0.717, 1.165) is 12.3 Å². The summed E-state index contributed by atoms with van der Waals surface area (Å²) in [5.41, 5.74) is 6.69. The Morgan fingerprint density at radius 1 is 1.50 bits per heavy atom. The van der Waals surface area contributed by atoms with E-state index in [1.54, 1.807) is 18.2 Å². The molecule has 5 heteroatoms. The summed E-state index contributed by atoms with van der Waals surface area (Å²) in [7, 11) is 0. The predicted octanol–water partition coefficient (Wildman–Crippen LogP) is 2.68. The van der Waals surface area contributed by atoms with E-state index < -0.39 is 0 Å². The molecular weight excluding hydrogens is 252 g/mol. The maximum absolute atomic E-state index is 11.6. The minimum Gasteiger partial charge on any atom is -0.399 e. The van der Waals surface area contributed by atoms with Gasteiger partial charge in [-0.1, -0.05) is 24.4 Å². The number of nitrogen functional groups attached to an aromatic ring is 1. The molecule has 18 heavy (non-hydrogen) atoms. The smallest absolute Gasteiger partial charge is 0.250 e. The van der Waals surface area contributed by atoms with Crippen molar-refractivity contribution < 1.29 is 9.53 Å². The number of nitrogens with one attached hydrogen (secondary N) is 1. The van der Waals surface area contributed by atoms with Gasteiger partial charge in [0.2, 0.25) is 5.91 Å². The summed E-state index contributed by atoms with van der Waals surface area (Å²) in [6.45, 7) is 0.709. The number of ether oxygens (including phenoxy) is 1. The van der Waals surface area contributed by atoms with Gasteiger partial charge in [0.25, 0.3) is 0 Å². The van der Waals surface area contributed by atoms with Gasteiger partial charge in [0.1, 0.15) is 6.61 Å². The molecule has 0 radical (unpaired) electrons. The topological polar surface area (TPSA) is 64.3 Å². The summed E-state index contributed by atoms with van der Waals surface area (Å²) >= 11 is 5.95. The monoisotopic (exact) mass is 268 g/mol. The van der Waals surface area contributed by atoms with Crippen LogP contribution in [0.2, 0.25) is 5.02 Å². The zero-order chi connectivity index (χ0) is 13.0. The summed E-state index contributed by atoms with van der Waals surface area (Å²) < 4.78 is 5.30. The van der Waals surface area contributed by atoms with E-state index in [2.05, 4.69) is 5.32 Å². The van der Waals surface area contributed by atoms with Crippen LogP contribution < -0.4 is 11.1 Å². The molecule has 0 bridgehead atoms. The fourth-order valence-electron chi connectivity index (χ4n) is 1.64. The minimum atomic E-state index is -0.197. The van der Waals surface area contributed by atoms with E-state index >= 15 is 0 Å². The molecule has 1 aromatic carbocycles. The Kier molecular flexibility index (Phi) is 4.44. The first-order valence-electron chi connectivity index (χ1n) is 6.08. The Hall–Kier alpha value is -1.26. The predicted molar refractivity (Wildman–Crippen MR) is 72.7 cm³/mol. The Labute approximate surface area is 111 Å². The molecule has 1 aliphatic rings. The third-order valence-corrected chi connectivity index (χ3v) is 3.18. The van der Waals surface area contributed by atoms with E-state index in [0.29, 0.717) is 23.0 Å². The number of hydrogen-bond donors (Lipinski definition) is 2. The lowest BCUT2D eigenvalue weighted by Gasteiger charge is -2.08. The van der Waals surface area contributed by atoms with Crippen LogP contribution in [0, 0.1) is 5.92 Å². The highest BCUT2D eigenvalue weighted by atomic mass is 35.5. The lowest BCUT2D eigenvalue weighted by atomic mass is 10.3. The molecule has 0 saturated heterocycles. The van der Waals surface area contributed by atoms with Gasteiger partial charge in [0, 0.05) is 12.3 Å². The van der Waals surface area contributed by atoms with Crippen molar-refractivity contribution in [3.63, 3.8) is 0 Å². The zero-order valence-electron chi connectivity index (χ0n) is 10.1. The van der Waals surface area contributed by atoms with Crippen LogP contribution in [0.4, 0.5) is 11.4 Å². The Morgan fingerprint density at radius 3 is 2.94 bits per heavy atom. The number of hydrogen-bond acceptors (Lipinski definition) is 3. The molecule has 1 aliphatic carbocycles. The van der Waals surface area contributed by atoms with E-state index in [1.165, 1.54) is 12.8 Å². The summed E-state index contributed by atoms with van der Waals surface area (Å²) in [5, 5.41) is 3.12. The van der Waals surface area contributed by atoms with Gasteiger partial charge < -0.3 is 15.8 Å². The average molecular weight is 269 g/mol. The second kappa shape index (κ2) is 6.07. The first-order chi connectivity index (χ1) is 8.65. The number of anilines is 2. The molecule has 1 amide bonds.